The van der Waals surface area contributed by atoms with E-state index in [1.807, 2.05) is 24.3 Å². The lowest BCUT2D eigenvalue weighted by atomic mass is 10.0. The molecule has 0 saturated carbocycles. The van der Waals surface area contributed by atoms with E-state index in [0.29, 0.717) is 17.3 Å². The molecule has 33 heavy (non-hydrogen) atoms. The third-order valence-corrected chi connectivity index (χ3v) is 6.24. The summed E-state index contributed by atoms with van der Waals surface area (Å²) in [7, 11) is -4.58. The highest BCUT2D eigenvalue weighted by Crippen LogP contribution is 2.39. The molecule has 1 aromatic heterocycles. The minimum atomic E-state index is -4.58. The highest BCUT2D eigenvalue weighted by molar-refractivity contribution is 7.86. The van der Waals surface area contributed by atoms with E-state index in [9.17, 15) is 22.9 Å². The Labute approximate surface area is 189 Å². The van der Waals surface area contributed by atoms with Crippen LogP contribution in [0, 0.1) is 6.92 Å². The van der Waals surface area contributed by atoms with E-state index in [1.165, 1.54) is 16.8 Å². The van der Waals surface area contributed by atoms with Gasteiger partial charge in [0.2, 0.25) is 0 Å². The number of nitrogens with zero attached hydrogens (tertiary/aromatic N) is 3. The van der Waals surface area contributed by atoms with Gasteiger partial charge in [-0.15, -0.1) is 10.2 Å². The summed E-state index contributed by atoms with van der Waals surface area (Å²) >= 11 is 0. The summed E-state index contributed by atoms with van der Waals surface area (Å²) in [5.41, 5.74) is 1.85. The van der Waals surface area contributed by atoms with Gasteiger partial charge in [0.05, 0.1) is 11.4 Å². The molecule has 3 N–H and O–H groups in total. The number of phenolic OH excluding ortho intramolecular Hbond substituents is 1. The monoisotopic (exact) mass is 466 g/mol. The molecule has 3 aromatic carbocycles. The molecule has 0 aliphatic heterocycles. The first-order valence-electron chi connectivity index (χ1n) is 10.1. The van der Waals surface area contributed by atoms with Gasteiger partial charge in [-0.05, 0) is 30.5 Å². The fourth-order valence-corrected chi connectivity index (χ4v) is 4.29. The minimum Gasteiger partial charge on any atom is -0.506 e. The van der Waals surface area contributed by atoms with Crippen LogP contribution >= 0.6 is 0 Å². The first-order chi connectivity index (χ1) is 15.6. The van der Waals surface area contributed by atoms with Gasteiger partial charge >= 0.3 is 0 Å². The zero-order chi connectivity index (χ0) is 23.9. The van der Waals surface area contributed by atoms with Crippen molar-refractivity contribution in [2.75, 3.05) is 0 Å². The Hall–Kier alpha value is -3.76. The molecule has 0 aliphatic rings. The molecule has 10 heteroatoms. The maximum Gasteiger partial charge on any atom is 0.299 e. The van der Waals surface area contributed by atoms with Gasteiger partial charge in [-0.2, -0.15) is 8.42 Å². The molecule has 0 saturated heterocycles. The Balaban J connectivity index is 1.80. The van der Waals surface area contributed by atoms with Crippen molar-refractivity contribution >= 4 is 32.3 Å². The summed E-state index contributed by atoms with van der Waals surface area (Å²) in [6.45, 7) is 5.84. The molecule has 0 amide bonds. The smallest absolute Gasteiger partial charge is 0.299 e. The number of nitrogens with one attached hydrogen (secondary N) is 1. The number of hydrogen-bond acceptors (Lipinski definition) is 6. The van der Waals surface area contributed by atoms with E-state index < -0.39 is 26.3 Å². The van der Waals surface area contributed by atoms with E-state index in [4.69, 9.17) is 0 Å². The first kappa shape index (κ1) is 22.4. The zero-order valence-electron chi connectivity index (χ0n) is 18.1. The molecular formula is C23H22N4O5S. The van der Waals surface area contributed by atoms with Crippen LogP contribution in [-0.2, 0) is 10.1 Å². The second-order valence-corrected chi connectivity index (χ2v) is 9.33. The van der Waals surface area contributed by atoms with Crippen LogP contribution in [0.5, 0.6) is 5.75 Å². The minimum absolute atomic E-state index is 0.0224. The van der Waals surface area contributed by atoms with E-state index in [0.717, 1.165) is 11.6 Å². The van der Waals surface area contributed by atoms with Crippen molar-refractivity contribution in [3.05, 3.63) is 76.2 Å². The molecule has 0 radical (unpaired) electrons. The second-order valence-electron chi connectivity index (χ2n) is 7.94. The van der Waals surface area contributed by atoms with Crippen LogP contribution in [0.4, 0.5) is 11.4 Å². The highest BCUT2D eigenvalue weighted by Gasteiger charge is 2.20. The van der Waals surface area contributed by atoms with Gasteiger partial charge in [0, 0.05) is 16.8 Å². The van der Waals surface area contributed by atoms with Crippen LogP contribution in [0.3, 0.4) is 0 Å². The molecule has 4 rings (SSSR count). The number of phenols is 1. The van der Waals surface area contributed by atoms with Crippen LogP contribution in [0.2, 0.25) is 0 Å². The van der Waals surface area contributed by atoms with Crippen LogP contribution in [0.15, 0.2) is 74.5 Å². The van der Waals surface area contributed by atoms with E-state index in [2.05, 4.69) is 29.2 Å². The highest BCUT2D eigenvalue weighted by atomic mass is 32.2. The maximum atomic E-state index is 13.0. The number of aromatic nitrogens is 2. The molecule has 4 aromatic rings. The summed E-state index contributed by atoms with van der Waals surface area (Å²) in [5.74, 6) is -0.136. The molecule has 0 bridgehead atoms. The fraction of sp³-hybridized carbons (Fsp3) is 0.174. The number of H-pyrrole nitrogens is 1. The molecule has 9 nitrogen and oxygen atoms in total. The van der Waals surface area contributed by atoms with Crippen molar-refractivity contribution in [1.82, 2.24) is 9.78 Å². The topological polar surface area (TPSA) is 137 Å². The Morgan fingerprint density at radius 2 is 1.58 bits per heavy atom. The van der Waals surface area contributed by atoms with Gasteiger partial charge < -0.3 is 5.11 Å². The Bertz CT molecular complexity index is 1550. The van der Waals surface area contributed by atoms with E-state index in [1.54, 1.807) is 19.1 Å². The Morgan fingerprint density at radius 1 is 0.970 bits per heavy atom. The van der Waals surface area contributed by atoms with Crippen molar-refractivity contribution in [2.24, 2.45) is 10.2 Å². The molecule has 0 spiro atoms. The molecular weight excluding hydrogens is 444 g/mol. The zero-order valence-corrected chi connectivity index (χ0v) is 19.0. The summed E-state index contributed by atoms with van der Waals surface area (Å²) in [6.07, 6.45) is 0. The largest absolute Gasteiger partial charge is 0.506 e. The number of hydrogen-bond donors (Lipinski definition) is 3. The predicted octanol–water partition coefficient (Wildman–Crippen LogP) is 5.12. The quantitative estimate of drug-likeness (QED) is 0.277. The molecule has 0 aliphatic carbocycles. The van der Waals surface area contributed by atoms with E-state index >= 15 is 0 Å². The third kappa shape index (κ3) is 4.18. The number of aryl methyl sites for hydroxylation is 1. The van der Waals surface area contributed by atoms with Gasteiger partial charge in [0.1, 0.15) is 16.3 Å². The van der Waals surface area contributed by atoms with E-state index in [-0.39, 0.29) is 22.1 Å². The van der Waals surface area contributed by atoms with Crippen LogP contribution < -0.4 is 5.56 Å². The number of benzene rings is 3. The molecule has 0 fully saturated rings. The number of fused-ring (bicyclic) bond motifs is 1. The van der Waals surface area contributed by atoms with Crippen LogP contribution in [0.1, 0.15) is 31.0 Å². The normalized spacial score (nSPS) is 12.3. The summed E-state index contributed by atoms with van der Waals surface area (Å²) in [5, 5.41) is 21.9. The van der Waals surface area contributed by atoms with Crippen molar-refractivity contribution in [1.29, 1.82) is 0 Å². The van der Waals surface area contributed by atoms with Crippen molar-refractivity contribution < 1.29 is 18.1 Å². The third-order valence-electron chi connectivity index (χ3n) is 5.34. The summed E-state index contributed by atoms with van der Waals surface area (Å²) in [4.78, 5) is 12.5. The van der Waals surface area contributed by atoms with Crippen LogP contribution in [0.25, 0.3) is 16.5 Å². The number of aromatic hydroxyl groups is 1. The number of aromatic amines is 1. The lowest BCUT2D eigenvalue weighted by Crippen LogP contribution is -2.14. The maximum absolute atomic E-state index is 13.0. The fourth-order valence-electron chi connectivity index (χ4n) is 3.58. The Kier molecular flexibility index (Phi) is 5.64. The molecule has 0 unspecified atom stereocenters. The predicted molar refractivity (Wildman–Crippen MR) is 125 cm³/mol. The number of azo groups is 1. The van der Waals surface area contributed by atoms with Crippen molar-refractivity contribution in [3.8, 4) is 11.4 Å². The lowest BCUT2D eigenvalue weighted by molar-refractivity contribution is 0.468. The van der Waals surface area contributed by atoms with Crippen molar-refractivity contribution in [2.45, 2.75) is 31.6 Å². The van der Waals surface area contributed by atoms with Crippen molar-refractivity contribution in [3.63, 3.8) is 0 Å². The molecule has 170 valence electrons. The Morgan fingerprint density at radius 3 is 2.18 bits per heavy atom. The molecule has 1 heterocycles. The summed E-state index contributed by atoms with van der Waals surface area (Å²) in [6, 6.07) is 14.7. The standard InChI is InChI=1S/C23H22N4O5S/c1-13(2)15-8-10-16(11-9-15)27-23(29)21(14(3)26-27)24-25-22-18-7-5-4-6-17(18)20(12-19(22)28)33(30,31)32/h4-13,26,28H,1-3H3,(H,30,31,32). The van der Waals surface area contributed by atoms with Gasteiger partial charge in [-0.1, -0.05) is 50.2 Å². The summed E-state index contributed by atoms with van der Waals surface area (Å²) < 4.78 is 34.3. The van der Waals surface area contributed by atoms with Gasteiger partial charge in [-0.3, -0.25) is 14.4 Å². The first-order valence-corrected chi connectivity index (χ1v) is 11.6. The molecule has 0 atom stereocenters. The second kappa shape index (κ2) is 8.30. The lowest BCUT2D eigenvalue weighted by Gasteiger charge is -2.08. The van der Waals surface area contributed by atoms with Gasteiger partial charge in [-0.25, -0.2) is 4.68 Å². The SMILES string of the molecule is Cc1[nH]n(-c2ccc(C(C)C)cc2)c(=O)c1N=Nc1c(O)cc(S(=O)(=O)O)c2ccccc12. The average molecular weight is 467 g/mol. The average Bonchev–Trinajstić information content (AvgIpc) is 3.05. The van der Waals surface area contributed by atoms with Gasteiger partial charge in [0.25, 0.3) is 15.7 Å². The van der Waals surface area contributed by atoms with Crippen LogP contribution in [-0.4, -0.2) is 27.9 Å². The number of rotatable bonds is 5. The van der Waals surface area contributed by atoms with Gasteiger partial charge in [0.15, 0.2) is 5.69 Å².